The molecule has 6 nitrogen and oxygen atoms in total. The number of hydrogen-bond acceptors (Lipinski definition) is 5. The Morgan fingerprint density at radius 3 is 0.973 bits per heavy atom. The zero-order valence-electron chi connectivity index (χ0n) is 49.1. The van der Waals surface area contributed by atoms with Gasteiger partial charge in [0.15, 0.2) is 0 Å². The average molecular weight is 1030 g/mol. The van der Waals surface area contributed by atoms with Crippen LogP contribution in [0.4, 0.5) is 0 Å². The van der Waals surface area contributed by atoms with Gasteiger partial charge in [0.1, 0.15) is 0 Å². The maximum absolute atomic E-state index is 12.4. The van der Waals surface area contributed by atoms with E-state index in [1.807, 2.05) is 6.08 Å². The minimum Gasteiger partial charge on any atom is -0.466 e. The van der Waals surface area contributed by atoms with Gasteiger partial charge in [0.05, 0.1) is 25.4 Å². The summed E-state index contributed by atoms with van der Waals surface area (Å²) in [4.78, 5) is 24.5. The third-order valence-electron chi connectivity index (χ3n) is 15.1. The lowest BCUT2D eigenvalue weighted by Gasteiger charge is -2.20. The fourth-order valence-corrected chi connectivity index (χ4v) is 10.1. The molecular formula is C67H127NO5. The molecule has 0 fully saturated rings. The van der Waals surface area contributed by atoms with Crippen LogP contribution in [-0.4, -0.2) is 47.4 Å². The van der Waals surface area contributed by atoms with Gasteiger partial charge in [0.25, 0.3) is 0 Å². The predicted molar refractivity (Wildman–Crippen MR) is 319 cm³/mol. The lowest BCUT2D eigenvalue weighted by atomic mass is 10.0. The number of rotatable bonds is 61. The van der Waals surface area contributed by atoms with Gasteiger partial charge < -0.3 is 20.3 Å². The Morgan fingerprint density at radius 1 is 0.370 bits per heavy atom. The monoisotopic (exact) mass is 1030 g/mol. The van der Waals surface area contributed by atoms with Gasteiger partial charge in [0, 0.05) is 12.8 Å². The molecule has 0 aliphatic rings. The number of aliphatic hydroxyl groups excluding tert-OH is 2. The van der Waals surface area contributed by atoms with Gasteiger partial charge in [-0.3, -0.25) is 9.59 Å². The highest BCUT2D eigenvalue weighted by molar-refractivity contribution is 5.76. The van der Waals surface area contributed by atoms with Crippen molar-refractivity contribution in [2.45, 2.75) is 366 Å². The topological polar surface area (TPSA) is 95.9 Å². The van der Waals surface area contributed by atoms with Crippen molar-refractivity contribution in [3.8, 4) is 0 Å². The molecule has 0 spiro atoms. The van der Waals surface area contributed by atoms with E-state index in [1.54, 1.807) is 6.08 Å². The number of aliphatic hydroxyl groups is 2. The molecule has 0 bridgehead atoms. The van der Waals surface area contributed by atoms with Gasteiger partial charge in [-0.15, -0.1) is 0 Å². The summed E-state index contributed by atoms with van der Waals surface area (Å²) in [6, 6.07) is -0.625. The van der Waals surface area contributed by atoms with Crippen LogP contribution in [0.25, 0.3) is 0 Å². The number of ether oxygens (including phenoxy) is 1. The number of allylic oxidation sites excluding steroid dienone is 5. The fraction of sp³-hybridized carbons (Fsp3) is 0.881. The van der Waals surface area contributed by atoms with Gasteiger partial charge in [-0.25, -0.2) is 0 Å². The maximum Gasteiger partial charge on any atom is 0.305 e. The molecule has 0 rings (SSSR count). The first kappa shape index (κ1) is 71.1. The molecule has 0 aliphatic heterocycles. The van der Waals surface area contributed by atoms with Gasteiger partial charge in [-0.2, -0.15) is 0 Å². The minimum atomic E-state index is -0.841. The van der Waals surface area contributed by atoms with E-state index in [1.165, 1.54) is 283 Å². The predicted octanol–water partition coefficient (Wildman–Crippen LogP) is 20.8. The summed E-state index contributed by atoms with van der Waals surface area (Å²) in [6.45, 7) is 4.89. The van der Waals surface area contributed by atoms with Crippen molar-refractivity contribution in [3.63, 3.8) is 0 Å². The molecule has 0 aromatic heterocycles. The van der Waals surface area contributed by atoms with E-state index in [0.717, 1.165) is 44.9 Å². The number of carbonyl (C=O) groups is 2. The molecule has 1 amide bonds. The number of esters is 1. The van der Waals surface area contributed by atoms with E-state index >= 15 is 0 Å². The van der Waals surface area contributed by atoms with E-state index in [0.29, 0.717) is 19.4 Å². The van der Waals surface area contributed by atoms with Crippen molar-refractivity contribution in [1.82, 2.24) is 5.32 Å². The first-order chi connectivity index (χ1) is 36.0. The van der Waals surface area contributed by atoms with Gasteiger partial charge in [0.2, 0.25) is 5.91 Å². The third-order valence-corrected chi connectivity index (χ3v) is 15.1. The second-order valence-corrected chi connectivity index (χ2v) is 22.4. The van der Waals surface area contributed by atoms with E-state index in [9.17, 15) is 19.8 Å². The van der Waals surface area contributed by atoms with Crippen LogP contribution in [0.2, 0.25) is 0 Å². The summed E-state index contributed by atoms with van der Waals surface area (Å²) in [6.07, 6.45) is 79.3. The highest BCUT2D eigenvalue weighted by Crippen LogP contribution is 2.17. The molecule has 2 atom stereocenters. The molecule has 6 heteroatoms. The zero-order valence-corrected chi connectivity index (χ0v) is 49.1. The molecule has 0 aromatic carbocycles. The highest BCUT2D eigenvalue weighted by atomic mass is 16.5. The number of hydrogen-bond donors (Lipinski definition) is 3. The van der Waals surface area contributed by atoms with E-state index in [2.05, 4.69) is 43.5 Å². The Balaban J connectivity index is 3.34. The molecule has 0 radical (unpaired) electrons. The van der Waals surface area contributed by atoms with E-state index in [4.69, 9.17) is 4.74 Å². The lowest BCUT2D eigenvalue weighted by molar-refractivity contribution is -0.143. The highest BCUT2D eigenvalue weighted by Gasteiger charge is 2.18. The molecule has 0 aliphatic carbocycles. The Bertz CT molecular complexity index is 1180. The summed E-state index contributed by atoms with van der Waals surface area (Å²) in [5.41, 5.74) is 0. The molecule has 430 valence electrons. The Kier molecular flexibility index (Phi) is 61.0. The maximum atomic E-state index is 12.4. The van der Waals surface area contributed by atoms with Crippen molar-refractivity contribution >= 4 is 11.9 Å². The summed E-state index contributed by atoms with van der Waals surface area (Å²) in [5.74, 6) is -0.0559. The van der Waals surface area contributed by atoms with E-state index < -0.39 is 12.1 Å². The second kappa shape index (κ2) is 62.6. The van der Waals surface area contributed by atoms with Crippen LogP contribution in [0, 0.1) is 0 Å². The molecule has 3 N–H and O–H groups in total. The van der Waals surface area contributed by atoms with Gasteiger partial charge >= 0.3 is 5.97 Å². The number of unbranched alkanes of at least 4 members (excludes halogenated alkanes) is 46. The average Bonchev–Trinajstić information content (AvgIpc) is 3.39. The smallest absolute Gasteiger partial charge is 0.305 e. The van der Waals surface area contributed by atoms with Crippen LogP contribution < -0.4 is 5.32 Å². The number of carbonyl (C=O) groups excluding carboxylic acids is 2. The fourth-order valence-electron chi connectivity index (χ4n) is 10.1. The van der Waals surface area contributed by atoms with Crippen molar-refractivity contribution in [1.29, 1.82) is 0 Å². The molecule has 0 aromatic rings. The summed E-state index contributed by atoms with van der Waals surface area (Å²) < 4.78 is 5.50. The second-order valence-electron chi connectivity index (χ2n) is 22.4. The minimum absolute atomic E-state index is 0.0133. The molecule has 0 heterocycles. The van der Waals surface area contributed by atoms with Crippen molar-refractivity contribution < 1.29 is 24.5 Å². The molecule has 73 heavy (non-hydrogen) atoms. The normalized spacial score (nSPS) is 12.8. The lowest BCUT2D eigenvalue weighted by Crippen LogP contribution is -2.45. The van der Waals surface area contributed by atoms with Crippen LogP contribution in [0.3, 0.4) is 0 Å². The molecule has 0 saturated carbocycles. The van der Waals surface area contributed by atoms with Gasteiger partial charge in [-0.1, -0.05) is 294 Å². The van der Waals surface area contributed by atoms with Crippen LogP contribution in [0.1, 0.15) is 354 Å². The largest absolute Gasteiger partial charge is 0.466 e. The molecule has 2 unspecified atom stereocenters. The van der Waals surface area contributed by atoms with Crippen LogP contribution in [-0.2, 0) is 14.3 Å². The van der Waals surface area contributed by atoms with Crippen molar-refractivity contribution in [2.24, 2.45) is 0 Å². The number of amides is 1. The Morgan fingerprint density at radius 2 is 0.644 bits per heavy atom. The summed E-state index contributed by atoms with van der Waals surface area (Å²) in [5, 5.41) is 23.0. The SMILES string of the molecule is CCCCCCCCC/C=C\CCCCCCCCCC(=O)OCCCCCCCCCCCCCC/C=C\CCCCCCCCCCCCCCCC(=O)NC(CO)C(O)/C=C/CCCCCCCCC. The quantitative estimate of drug-likeness (QED) is 0.0320. The first-order valence-electron chi connectivity index (χ1n) is 32.8. The third kappa shape index (κ3) is 59.2. The van der Waals surface area contributed by atoms with Crippen LogP contribution in [0.15, 0.2) is 36.5 Å². The van der Waals surface area contributed by atoms with Crippen molar-refractivity contribution in [2.75, 3.05) is 13.2 Å². The van der Waals surface area contributed by atoms with Crippen LogP contribution >= 0.6 is 0 Å². The number of nitrogens with one attached hydrogen (secondary N) is 1. The zero-order chi connectivity index (χ0) is 52.9. The molecule has 0 saturated heterocycles. The standard InChI is InChI=1S/C67H127NO5/c1-3-5-7-9-11-13-14-15-16-17-32-35-38-41-45-49-53-57-61-67(72)73-62-58-54-50-46-42-39-36-33-30-28-26-24-22-20-18-19-21-23-25-27-29-31-34-37-40-44-48-52-56-60-66(71)68-64(63-69)65(70)59-55-51-47-43-12-10-8-6-4-2/h16-18,20,55,59,64-65,69-70H,3-15,19,21-54,56-58,60-63H2,1-2H3,(H,68,71)/b17-16-,20-18-,59-55+. The summed E-state index contributed by atoms with van der Waals surface area (Å²) in [7, 11) is 0. The Labute approximate surface area is 455 Å². The molecular weight excluding hydrogens is 899 g/mol. The van der Waals surface area contributed by atoms with Crippen LogP contribution in [0.5, 0.6) is 0 Å². The van der Waals surface area contributed by atoms with Gasteiger partial charge in [-0.05, 0) is 83.5 Å². The van der Waals surface area contributed by atoms with Crippen molar-refractivity contribution in [3.05, 3.63) is 36.5 Å². The summed E-state index contributed by atoms with van der Waals surface area (Å²) >= 11 is 0. The van der Waals surface area contributed by atoms with E-state index in [-0.39, 0.29) is 18.5 Å². The Hall–Kier alpha value is -1.92. The first-order valence-corrected chi connectivity index (χ1v) is 32.8.